The maximum atomic E-state index is 5.43. The zero-order chi connectivity index (χ0) is 21.8. The van der Waals surface area contributed by atoms with Gasteiger partial charge in [0.25, 0.3) is 0 Å². The molecule has 31 heavy (non-hydrogen) atoms. The lowest BCUT2D eigenvalue weighted by molar-refractivity contribution is 0.394. The summed E-state index contributed by atoms with van der Waals surface area (Å²) in [6, 6.07) is 21.4. The number of methoxy groups -OCH3 is 4. The van der Waals surface area contributed by atoms with Crippen molar-refractivity contribution in [2.75, 3.05) is 28.4 Å². The Morgan fingerprint density at radius 2 is 1.03 bits per heavy atom. The van der Waals surface area contributed by atoms with Crippen molar-refractivity contribution >= 4 is 0 Å². The summed E-state index contributed by atoms with van der Waals surface area (Å²) < 4.78 is 21.5. The molecule has 0 saturated carbocycles. The van der Waals surface area contributed by atoms with Crippen molar-refractivity contribution in [2.24, 2.45) is 0 Å². The molecule has 0 spiro atoms. The first-order valence-corrected chi connectivity index (χ1v) is 9.77. The van der Waals surface area contributed by atoms with Gasteiger partial charge in [-0.1, -0.05) is 0 Å². The van der Waals surface area contributed by atoms with Crippen molar-refractivity contribution in [3.05, 3.63) is 66.7 Å². The third-order valence-electron chi connectivity index (χ3n) is 5.07. The predicted octanol–water partition coefficient (Wildman–Crippen LogP) is 5.45. The molecule has 0 aliphatic rings. The van der Waals surface area contributed by atoms with Crippen molar-refractivity contribution in [1.82, 2.24) is 9.97 Å². The SMILES string of the molecule is COc1ccc(-c2nc(-c3cc(OC)cc(OC)c3)[nH]c2-c2ccc(OC)cc2)cc1. The first-order valence-electron chi connectivity index (χ1n) is 9.77. The molecule has 4 rings (SSSR count). The van der Waals surface area contributed by atoms with Crippen molar-refractivity contribution in [1.29, 1.82) is 0 Å². The monoisotopic (exact) mass is 416 g/mol. The van der Waals surface area contributed by atoms with Gasteiger partial charge < -0.3 is 23.9 Å². The molecule has 3 aromatic carbocycles. The van der Waals surface area contributed by atoms with Gasteiger partial charge in [0.15, 0.2) is 0 Å². The fourth-order valence-corrected chi connectivity index (χ4v) is 3.38. The summed E-state index contributed by atoms with van der Waals surface area (Å²) in [5, 5.41) is 0. The maximum absolute atomic E-state index is 5.43. The van der Waals surface area contributed by atoms with E-state index in [1.807, 2.05) is 66.7 Å². The summed E-state index contributed by atoms with van der Waals surface area (Å²) in [5.41, 5.74) is 4.59. The summed E-state index contributed by atoms with van der Waals surface area (Å²) in [6.07, 6.45) is 0. The van der Waals surface area contributed by atoms with E-state index in [1.165, 1.54) is 0 Å². The fraction of sp³-hybridized carbons (Fsp3) is 0.160. The molecule has 1 N–H and O–H groups in total. The topological polar surface area (TPSA) is 65.6 Å². The van der Waals surface area contributed by atoms with Crippen molar-refractivity contribution in [3.63, 3.8) is 0 Å². The Labute approximate surface area is 181 Å². The lowest BCUT2D eigenvalue weighted by atomic mass is 10.0. The zero-order valence-corrected chi connectivity index (χ0v) is 17.9. The molecular formula is C25H24N2O4. The number of benzene rings is 3. The Balaban J connectivity index is 1.87. The number of nitrogens with zero attached hydrogens (tertiary/aromatic N) is 1. The van der Waals surface area contributed by atoms with Crippen molar-refractivity contribution < 1.29 is 18.9 Å². The molecule has 0 radical (unpaired) electrons. The average molecular weight is 416 g/mol. The van der Waals surface area contributed by atoms with Gasteiger partial charge >= 0.3 is 0 Å². The Bertz CT molecular complexity index is 1080. The van der Waals surface area contributed by atoms with E-state index in [0.717, 1.165) is 39.6 Å². The van der Waals surface area contributed by atoms with Gasteiger partial charge in [-0.25, -0.2) is 4.98 Å². The van der Waals surface area contributed by atoms with Crippen LogP contribution in [0.15, 0.2) is 66.7 Å². The normalized spacial score (nSPS) is 10.6. The van der Waals surface area contributed by atoms with Gasteiger partial charge in [-0.05, 0) is 60.7 Å². The standard InChI is InChI=1S/C25H24N2O4/c1-28-19-9-5-16(6-10-19)23-24(17-7-11-20(29-2)12-8-17)27-25(26-23)18-13-21(30-3)15-22(14-18)31-4/h5-15H,1-4H3,(H,26,27). The minimum absolute atomic E-state index is 0.697. The molecule has 6 heteroatoms. The van der Waals surface area contributed by atoms with E-state index in [2.05, 4.69) is 4.98 Å². The molecule has 0 aliphatic heterocycles. The molecule has 4 aromatic rings. The smallest absolute Gasteiger partial charge is 0.138 e. The molecule has 0 fully saturated rings. The van der Waals surface area contributed by atoms with Crippen LogP contribution >= 0.6 is 0 Å². The molecule has 0 aliphatic carbocycles. The van der Waals surface area contributed by atoms with Gasteiger partial charge in [-0.15, -0.1) is 0 Å². The number of hydrogen-bond donors (Lipinski definition) is 1. The van der Waals surface area contributed by atoms with Crippen LogP contribution in [0.1, 0.15) is 0 Å². The second-order valence-electron chi connectivity index (χ2n) is 6.87. The molecule has 158 valence electrons. The minimum Gasteiger partial charge on any atom is -0.497 e. The van der Waals surface area contributed by atoms with E-state index in [4.69, 9.17) is 23.9 Å². The first-order chi connectivity index (χ1) is 15.1. The van der Waals surface area contributed by atoms with E-state index in [9.17, 15) is 0 Å². The largest absolute Gasteiger partial charge is 0.497 e. The first kappa shape index (κ1) is 20.3. The van der Waals surface area contributed by atoms with Crippen LogP contribution in [-0.2, 0) is 0 Å². The second kappa shape index (κ2) is 8.83. The van der Waals surface area contributed by atoms with Crippen LogP contribution in [0.25, 0.3) is 33.9 Å². The number of H-pyrrole nitrogens is 1. The summed E-state index contributed by atoms with van der Waals surface area (Å²) in [6.45, 7) is 0. The van der Waals surface area contributed by atoms with Crippen LogP contribution in [0, 0.1) is 0 Å². The molecule has 0 unspecified atom stereocenters. The third kappa shape index (κ3) is 4.19. The van der Waals surface area contributed by atoms with E-state index in [-0.39, 0.29) is 0 Å². The van der Waals surface area contributed by atoms with Gasteiger partial charge in [0.2, 0.25) is 0 Å². The number of aromatic nitrogens is 2. The average Bonchev–Trinajstić information content (AvgIpc) is 3.29. The lowest BCUT2D eigenvalue weighted by Gasteiger charge is -2.06. The molecule has 1 heterocycles. The summed E-state index contributed by atoms with van der Waals surface area (Å²) in [7, 11) is 6.57. The van der Waals surface area contributed by atoms with E-state index < -0.39 is 0 Å². The lowest BCUT2D eigenvalue weighted by Crippen LogP contribution is -1.90. The number of nitrogens with one attached hydrogen (secondary N) is 1. The second-order valence-corrected chi connectivity index (χ2v) is 6.87. The summed E-state index contributed by atoms with van der Waals surface area (Å²) in [4.78, 5) is 8.42. The molecule has 1 aromatic heterocycles. The maximum Gasteiger partial charge on any atom is 0.138 e. The van der Waals surface area contributed by atoms with Crippen LogP contribution in [0.4, 0.5) is 0 Å². The number of rotatable bonds is 7. The molecule has 0 atom stereocenters. The van der Waals surface area contributed by atoms with Crippen LogP contribution in [0.5, 0.6) is 23.0 Å². The number of imidazole rings is 1. The van der Waals surface area contributed by atoms with Gasteiger partial charge in [0.05, 0.1) is 39.8 Å². The van der Waals surface area contributed by atoms with Crippen LogP contribution in [0.2, 0.25) is 0 Å². The van der Waals surface area contributed by atoms with Crippen LogP contribution < -0.4 is 18.9 Å². The highest BCUT2D eigenvalue weighted by atomic mass is 16.5. The number of aromatic amines is 1. The Hall–Kier alpha value is -3.93. The highest BCUT2D eigenvalue weighted by molar-refractivity contribution is 5.82. The molecular weight excluding hydrogens is 392 g/mol. The summed E-state index contributed by atoms with van der Waals surface area (Å²) >= 11 is 0. The van der Waals surface area contributed by atoms with Gasteiger partial charge in [0, 0.05) is 22.8 Å². The van der Waals surface area contributed by atoms with Gasteiger partial charge in [-0.2, -0.15) is 0 Å². The minimum atomic E-state index is 0.697. The molecule has 0 saturated heterocycles. The van der Waals surface area contributed by atoms with Gasteiger partial charge in [0.1, 0.15) is 28.8 Å². The quantitative estimate of drug-likeness (QED) is 0.434. The Morgan fingerprint density at radius 3 is 1.52 bits per heavy atom. The van der Waals surface area contributed by atoms with Gasteiger partial charge in [-0.3, -0.25) is 0 Å². The Morgan fingerprint density at radius 1 is 0.548 bits per heavy atom. The molecule has 0 bridgehead atoms. The highest BCUT2D eigenvalue weighted by Crippen LogP contribution is 2.36. The Kier molecular flexibility index (Phi) is 5.80. The zero-order valence-electron chi connectivity index (χ0n) is 17.9. The third-order valence-corrected chi connectivity index (χ3v) is 5.07. The van der Waals surface area contributed by atoms with Crippen LogP contribution in [0.3, 0.4) is 0 Å². The molecule has 0 amide bonds. The number of ether oxygens (including phenoxy) is 4. The highest BCUT2D eigenvalue weighted by Gasteiger charge is 2.17. The fourth-order valence-electron chi connectivity index (χ4n) is 3.38. The van der Waals surface area contributed by atoms with E-state index in [1.54, 1.807) is 28.4 Å². The molecule has 6 nitrogen and oxygen atoms in total. The van der Waals surface area contributed by atoms with E-state index >= 15 is 0 Å². The number of hydrogen-bond acceptors (Lipinski definition) is 5. The van der Waals surface area contributed by atoms with Crippen molar-refractivity contribution in [2.45, 2.75) is 0 Å². The van der Waals surface area contributed by atoms with Crippen LogP contribution in [-0.4, -0.2) is 38.4 Å². The predicted molar refractivity (Wildman–Crippen MR) is 121 cm³/mol. The van der Waals surface area contributed by atoms with E-state index in [0.29, 0.717) is 17.3 Å². The van der Waals surface area contributed by atoms with Crippen molar-refractivity contribution in [3.8, 4) is 56.9 Å². The summed E-state index contributed by atoms with van der Waals surface area (Å²) in [5.74, 6) is 3.70.